The number of hydrogen-bond acceptors (Lipinski definition) is 6. The lowest BCUT2D eigenvalue weighted by atomic mass is 10.2. The number of methoxy groups -OCH3 is 1. The third-order valence-electron chi connectivity index (χ3n) is 4.71. The van der Waals surface area contributed by atoms with Gasteiger partial charge in [-0.15, -0.1) is 10.2 Å². The fraction of sp³-hybridized carbons (Fsp3) is 0.286. The molecule has 1 aromatic heterocycles. The fourth-order valence-electron chi connectivity index (χ4n) is 3.02. The number of halogens is 1. The molecule has 0 aliphatic heterocycles. The van der Waals surface area contributed by atoms with Crippen LogP contribution in [0.25, 0.3) is 0 Å². The fourth-order valence-corrected chi connectivity index (χ4v) is 3.78. The molecule has 8 heteroatoms. The molecule has 0 unspecified atom stereocenters. The van der Waals surface area contributed by atoms with Crippen molar-refractivity contribution in [3.8, 4) is 5.75 Å². The van der Waals surface area contributed by atoms with Crippen molar-refractivity contribution in [2.24, 2.45) is 0 Å². The Hall–Kier alpha value is -2.84. The average molecular weight is 412 g/mol. The summed E-state index contributed by atoms with van der Waals surface area (Å²) in [4.78, 5) is 14.7. The highest BCUT2D eigenvalue weighted by atomic mass is 32.1. The van der Waals surface area contributed by atoms with Crippen LogP contribution >= 0.6 is 11.3 Å². The molecule has 150 valence electrons. The summed E-state index contributed by atoms with van der Waals surface area (Å²) in [5.41, 5.74) is 1.73. The Morgan fingerprint density at radius 3 is 2.52 bits per heavy atom. The van der Waals surface area contributed by atoms with Crippen molar-refractivity contribution in [1.82, 2.24) is 15.1 Å². The third kappa shape index (κ3) is 5.16. The normalized spacial score (nSPS) is 13.5. The number of carbonyl (C=O) groups is 1. The van der Waals surface area contributed by atoms with E-state index in [1.807, 2.05) is 12.1 Å². The van der Waals surface area contributed by atoms with E-state index in [2.05, 4.69) is 32.5 Å². The molecule has 1 amide bonds. The Morgan fingerprint density at radius 1 is 1.14 bits per heavy atom. The van der Waals surface area contributed by atoms with E-state index in [9.17, 15) is 9.18 Å². The van der Waals surface area contributed by atoms with Crippen molar-refractivity contribution < 1.29 is 13.9 Å². The average Bonchev–Trinajstić information content (AvgIpc) is 3.48. The minimum Gasteiger partial charge on any atom is -0.497 e. The third-order valence-corrected chi connectivity index (χ3v) is 5.62. The van der Waals surface area contributed by atoms with Crippen molar-refractivity contribution in [2.75, 3.05) is 12.4 Å². The van der Waals surface area contributed by atoms with Crippen molar-refractivity contribution >= 4 is 22.9 Å². The zero-order valence-electron chi connectivity index (χ0n) is 16.0. The minimum atomic E-state index is -0.349. The molecular weight excluding hydrogens is 391 g/mol. The summed E-state index contributed by atoms with van der Waals surface area (Å²) >= 11 is 1.28. The number of nitrogens with one attached hydrogen (secondary N) is 1. The van der Waals surface area contributed by atoms with Gasteiger partial charge in [0.05, 0.1) is 13.7 Å². The smallest absolute Gasteiger partial charge is 0.286 e. The highest BCUT2D eigenvalue weighted by molar-refractivity contribution is 7.13. The monoisotopic (exact) mass is 412 g/mol. The first kappa shape index (κ1) is 19.5. The van der Waals surface area contributed by atoms with Crippen LogP contribution in [0.1, 0.15) is 33.2 Å². The van der Waals surface area contributed by atoms with Gasteiger partial charge in [0.1, 0.15) is 16.6 Å². The predicted octanol–water partition coefficient (Wildman–Crippen LogP) is 4.10. The molecule has 29 heavy (non-hydrogen) atoms. The van der Waals surface area contributed by atoms with Crippen LogP contribution in [0.3, 0.4) is 0 Å². The van der Waals surface area contributed by atoms with Gasteiger partial charge in [0.25, 0.3) is 5.91 Å². The minimum absolute atomic E-state index is 0.296. The molecular formula is C21H21FN4O2S. The largest absolute Gasteiger partial charge is 0.497 e. The van der Waals surface area contributed by atoms with Gasteiger partial charge in [-0.3, -0.25) is 9.69 Å². The first-order chi connectivity index (χ1) is 14.1. The number of aromatic nitrogens is 2. The Bertz CT molecular complexity index is 971. The summed E-state index contributed by atoms with van der Waals surface area (Å²) in [6.07, 6.45) is 2.35. The topological polar surface area (TPSA) is 67.3 Å². The second kappa shape index (κ2) is 8.67. The summed E-state index contributed by atoms with van der Waals surface area (Å²) in [5, 5.41) is 12.0. The highest BCUT2D eigenvalue weighted by Crippen LogP contribution is 2.30. The number of hydrogen-bond donors (Lipinski definition) is 1. The van der Waals surface area contributed by atoms with E-state index in [-0.39, 0.29) is 11.7 Å². The van der Waals surface area contributed by atoms with Gasteiger partial charge in [-0.25, -0.2) is 4.39 Å². The van der Waals surface area contributed by atoms with Crippen molar-refractivity contribution in [3.05, 3.63) is 69.9 Å². The van der Waals surface area contributed by atoms with Crippen LogP contribution in [0.2, 0.25) is 0 Å². The molecule has 1 heterocycles. The Balaban J connectivity index is 1.39. The maximum atomic E-state index is 13.0. The SMILES string of the molecule is COc1ccc(CN(Cc2nnc(C(=O)Nc3ccc(F)cc3)s2)C2CC2)cc1. The molecule has 0 radical (unpaired) electrons. The molecule has 0 bridgehead atoms. The molecule has 6 nitrogen and oxygen atoms in total. The first-order valence-corrected chi connectivity index (χ1v) is 10.2. The number of carbonyl (C=O) groups excluding carboxylic acids is 1. The zero-order chi connectivity index (χ0) is 20.2. The van der Waals surface area contributed by atoms with Crippen LogP contribution < -0.4 is 10.1 Å². The van der Waals surface area contributed by atoms with Gasteiger partial charge in [0.15, 0.2) is 0 Å². The number of rotatable bonds is 8. The highest BCUT2D eigenvalue weighted by Gasteiger charge is 2.30. The number of ether oxygens (including phenoxy) is 1. The molecule has 1 N–H and O–H groups in total. The second-order valence-electron chi connectivity index (χ2n) is 6.95. The van der Waals surface area contributed by atoms with Gasteiger partial charge >= 0.3 is 0 Å². The van der Waals surface area contributed by atoms with Crippen molar-refractivity contribution in [1.29, 1.82) is 0 Å². The molecule has 1 fully saturated rings. The van der Waals surface area contributed by atoms with Crippen LogP contribution in [0.5, 0.6) is 5.75 Å². The van der Waals surface area contributed by atoms with E-state index in [1.54, 1.807) is 7.11 Å². The second-order valence-corrected chi connectivity index (χ2v) is 8.01. The van der Waals surface area contributed by atoms with E-state index in [4.69, 9.17) is 4.74 Å². The number of anilines is 1. The lowest BCUT2D eigenvalue weighted by Crippen LogP contribution is -2.25. The van der Waals surface area contributed by atoms with Crippen molar-refractivity contribution in [2.45, 2.75) is 32.0 Å². The first-order valence-electron chi connectivity index (χ1n) is 9.37. The molecule has 1 saturated carbocycles. The number of nitrogens with zero attached hydrogens (tertiary/aromatic N) is 3. The molecule has 0 saturated heterocycles. The van der Waals surface area contributed by atoms with E-state index >= 15 is 0 Å². The summed E-state index contributed by atoms with van der Waals surface area (Å²) in [6.45, 7) is 1.46. The Morgan fingerprint density at radius 2 is 1.86 bits per heavy atom. The summed E-state index contributed by atoms with van der Waals surface area (Å²) in [5.74, 6) is 0.152. The van der Waals surface area contributed by atoms with Gasteiger partial charge in [0.2, 0.25) is 5.01 Å². The lowest BCUT2D eigenvalue weighted by molar-refractivity contribution is 0.102. The Labute approximate surface area is 172 Å². The van der Waals surface area contributed by atoms with Gasteiger partial charge in [-0.2, -0.15) is 0 Å². The van der Waals surface area contributed by atoms with Crippen LogP contribution in [0.15, 0.2) is 48.5 Å². The van der Waals surface area contributed by atoms with Gasteiger partial charge in [-0.1, -0.05) is 23.5 Å². The number of benzene rings is 2. The lowest BCUT2D eigenvalue weighted by Gasteiger charge is -2.20. The maximum absolute atomic E-state index is 13.0. The van der Waals surface area contributed by atoms with E-state index in [1.165, 1.54) is 54.0 Å². The quantitative estimate of drug-likeness (QED) is 0.603. The molecule has 1 aliphatic rings. The van der Waals surface area contributed by atoms with Crippen LogP contribution in [0.4, 0.5) is 10.1 Å². The molecule has 0 spiro atoms. The predicted molar refractivity (Wildman–Crippen MR) is 110 cm³/mol. The van der Waals surface area contributed by atoms with Crippen LogP contribution in [-0.4, -0.2) is 34.2 Å². The van der Waals surface area contributed by atoms with E-state index in [0.717, 1.165) is 17.3 Å². The summed E-state index contributed by atoms with van der Waals surface area (Å²) in [6, 6.07) is 14.2. The number of amides is 1. The van der Waals surface area contributed by atoms with Gasteiger partial charge in [0, 0.05) is 18.3 Å². The zero-order valence-corrected chi connectivity index (χ0v) is 16.8. The van der Waals surface area contributed by atoms with Crippen LogP contribution in [0, 0.1) is 5.82 Å². The standard InChI is InChI=1S/C21H21FN4O2S/c1-28-18-10-2-14(3-11-18)12-26(17-8-9-17)13-19-24-25-21(29-19)20(27)23-16-6-4-15(22)5-7-16/h2-7,10-11,17H,8-9,12-13H2,1H3,(H,23,27). The molecule has 4 rings (SSSR count). The molecule has 1 aliphatic carbocycles. The van der Waals surface area contributed by atoms with Crippen molar-refractivity contribution in [3.63, 3.8) is 0 Å². The van der Waals surface area contributed by atoms with E-state index < -0.39 is 0 Å². The summed E-state index contributed by atoms with van der Waals surface area (Å²) < 4.78 is 18.2. The molecule has 3 aromatic rings. The molecule has 2 aromatic carbocycles. The van der Waals surface area contributed by atoms with Crippen LogP contribution in [-0.2, 0) is 13.1 Å². The summed E-state index contributed by atoms with van der Waals surface area (Å²) in [7, 11) is 1.66. The van der Waals surface area contributed by atoms with Gasteiger partial charge in [-0.05, 0) is 54.8 Å². The maximum Gasteiger partial charge on any atom is 0.286 e. The van der Waals surface area contributed by atoms with Gasteiger partial charge < -0.3 is 10.1 Å². The molecule has 0 atom stereocenters. The Kier molecular flexibility index (Phi) is 5.82. The van der Waals surface area contributed by atoms with E-state index in [0.29, 0.717) is 23.3 Å².